The van der Waals surface area contributed by atoms with Gasteiger partial charge < -0.3 is 10.3 Å². The molecule has 68 valence electrons. The smallest absolute Gasteiger partial charge is 0.184 e. The maximum atomic E-state index is 4.40. The predicted octanol–water partition coefficient (Wildman–Crippen LogP) is 2.94. The van der Waals surface area contributed by atoms with E-state index in [0.29, 0.717) is 0 Å². The summed E-state index contributed by atoms with van der Waals surface area (Å²) in [6.45, 7) is 0. The second-order valence-corrected chi connectivity index (χ2v) is 4.79. The molecule has 2 aromatic rings. The summed E-state index contributed by atoms with van der Waals surface area (Å²) < 4.78 is 1.04. The molecule has 0 aliphatic heterocycles. The number of halogens is 1. The summed E-state index contributed by atoms with van der Waals surface area (Å²) in [5.74, 6) is 0. The second-order valence-electron chi connectivity index (χ2n) is 2.48. The van der Waals surface area contributed by atoms with E-state index in [0.717, 1.165) is 20.3 Å². The molecule has 2 heterocycles. The van der Waals surface area contributed by atoms with Crippen LogP contribution in [0.1, 0.15) is 0 Å². The molecule has 0 aliphatic rings. The quantitative estimate of drug-likeness (QED) is 0.869. The zero-order chi connectivity index (χ0) is 9.26. The molecule has 2 N–H and O–H groups in total. The summed E-state index contributed by atoms with van der Waals surface area (Å²) in [7, 11) is 1.86. The fourth-order valence-corrected chi connectivity index (χ4v) is 2.48. The van der Waals surface area contributed by atoms with Crippen LogP contribution in [0, 0.1) is 0 Å². The van der Waals surface area contributed by atoms with E-state index in [1.54, 1.807) is 11.3 Å². The monoisotopic (exact) mass is 257 g/mol. The van der Waals surface area contributed by atoms with Crippen molar-refractivity contribution in [2.45, 2.75) is 0 Å². The molecule has 0 atom stereocenters. The van der Waals surface area contributed by atoms with Crippen LogP contribution in [0.3, 0.4) is 0 Å². The van der Waals surface area contributed by atoms with E-state index in [1.807, 2.05) is 25.4 Å². The van der Waals surface area contributed by atoms with Crippen LogP contribution < -0.4 is 5.32 Å². The van der Waals surface area contributed by atoms with E-state index in [2.05, 4.69) is 31.2 Å². The van der Waals surface area contributed by atoms with E-state index in [1.165, 1.54) is 0 Å². The molecule has 0 amide bonds. The molecule has 0 unspecified atom stereocenters. The van der Waals surface area contributed by atoms with Crippen molar-refractivity contribution in [2.75, 3.05) is 12.4 Å². The second kappa shape index (κ2) is 3.51. The lowest BCUT2D eigenvalue weighted by molar-refractivity contribution is 1.31. The summed E-state index contributed by atoms with van der Waals surface area (Å²) in [4.78, 5) is 7.52. The highest BCUT2D eigenvalue weighted by atomic mass is 79.9. The molecule has 0 fully saturated rings. The normalized spacial score (nSPS) is 10.3. The lowest BCUT2D eigenvalue weighted by Gasteiger charge is -1.91. The average Bonchev–Trinajstić information content (AvgIpc) is 2.72. The molecule has 0 aromatic carbocycles. The van der Waals surface area contributed by atoms with Crippen LogP contribution in [-0.2, 0) is 0 Å². The van der Waals surface area contributed by atoms with Crippen LogP contribution >= 0.6 is 27.3 Å². The lowest BCUT2D eigenvalue weighted by Crippen LogP contribution is -1.85. The van der Waals surface area contributed by atoms with Gasteiger partial charge in [0, 0.05) is 13.2 Å². The Labute approximate surface area is 88.3 Å². The summed E-state index contributed by atoms with van der Waals surface area (Å²) in [5, 5.41) is 3.93. The molecule has 3 nitrogen and oxygen atoms in total. The van der Waals surface area contributed by atoms with E-state index in [4.69, 9.17) is 0 Å². The predicted molar refractivity (Wildman–Crippen MR) is 59.1 cm³/mol. The molecule has 0 bridgehead atoms. The maximum Gasteiger partial charge on any atom is 0.184 e. The van der Waals surface area contributed by atoms with E-state index >= 15 is 0 Å². The largest absolute Gasteiger partial charge is 0.365 e. The summed E-state index contributed by atoms with van der Waals surface area (Å²) >= 11 is 5.06. The Bertz CT molecular complexity index is 393. The Hall–Kier alpha value is -0.810. The van der Waals surface area contributed by atoms with E-state index < -0.39 is 0 Å². The molecule has 13 heavy (non-hydrogen) atoms. The van der Waals surface area contributed by atoms with Gasteiger partial charge in [-0.25, -0.2) is 4.98 Å². The molecule has 0 radical (unpaired) electrons. The van der Waals surface area contributed by atoms with Crippen molar-refractivity contribution < 1.29 is 0 Å². The fraction of sp³-hybridized carbons (Fsp3) is 0.125. The minimum atomic E-state index is 0.913. The SMILES string of the molecule is CNc1nc(-c2ccc[nH]2)c(Br)s1. The molecule has 2 aromatic heterocycles. The standard InChI is InChI=1S/C8H8BrN3S/c1-10-8-12-6(7(9)13-8)5-3-2-4-11-5/h2-4,11H,1H3,(H,10,12). The Morgan fingerprint density at radius 2 is 2.46 bits per heavy atom. The molecular formula is C8H8BrN3S. The van der Waals surface area contributed by atoms with Gasteiger partial charge >= 0.3 is 0 Å². The van der Waals surface area contributed by atoms with Crippen LogP contribution in [0.2, 0.25) is 0 Å². The van der Waals surface area contributed by atoms with Crippen molar-refractivity contribution in [2.24, 2.45) is 0 Å². The number of aromatic nitrogens is 2. The van der Waals surface area contributed by atoms with Gasteiger partial charge in [0.15, 0.2) is 5.13 Å². The Morgan fingerprint density at radius 3 is 3.00 bits per heavy atom. The number of H-pyrrole nitrogens is 1. The number of nitrogens with one attached hydrogen (secondary N) is 2. The molecule has 0 saturated carbocycles. The summed E-state index contributed by atoms with van der Waals surface area (Å²) in [5.41, 5.74) is 1.99. The van der Waals surface area contributed by atoms with Crippen molar-refractivity contribution in [3.05, 3.63) is 22.1 Å². The first-order valence-corrected chi connectivity index (χ1v) is 5.40. The molecule has 5 heteroatoms. The minimum Gasteiger partial charge on any atom is -0.365 e. The summed E-state index contributed by atoms with van der Waals surface area (Å²) in [6, 6.07) is 3.96. The third kappa shape index (κ3) is 1.62. The van der Waals surface area contributed by atoms with Gasteiger partial charge in [-0.2, -0.15) is 0 Å². The summed E-state index contributed by atoms with van der Waals surface area (Å²) in [6.07, 6.45) is 1.89. The number of aromatic amines is 1. The number of hydrogen-bond acceptors (Lipinski definition) is 3. The van der Waals surface area contributed by atoms with E-state index in [9.17, 15) is 0 Å². The minimum absolute atomic E-state index is 0.913. The van der Waals surface area contributed by atoms with Gasteiger partial charge in [0.2, 0.25) is 0 Å². The van der Waals surface area contributed by atoms with Crippen LogP contribution in [0.4, 0.5) is 5.13 Å². The van der Waals surface area contributed by atoms with Crippen LogP contribution in [0.15, 0.2) is 22.1 Å². The van der Waals surface area contributed by atoms with Crippen LogP contribution in [0.25, 0.3) is 11.4 Å². The third-order valence-corrected chi connectivity index (χ3v) is 3.38. The van der Waals surface area contributed by atoms with Crippen molar-refractivity contribution in [3.8, 4) is 11.4 Å². The Kier molecular flexibility index (Phi) is 2.37. The highest BCUT2D eigenvalue weighted by Crippen LogP contribution is 2.34. The maximum absolute atomic E-state index is 4.40. The Morgan fingerprint density at radius 1 is 1.62 bits per heavy atom. The highest BCUT2D eigenvalue weighted by Gasteiger charge is 2.09. The van der Waals surface area contributed by atoms with Gasteiger partial charge in [-0.1, -0.05) is 11.3 Å². The number of thiazole rings is 1. The van der Waals surface area contributed by atoms with Gasteiger partial charge in [-0.05, 0) is 28.1 Å². The van der Waals surface area contributed by atoms with Gasteiger partial charge in [0.25, 0.3) is 0 Å². The zero-order valence-corrected chi connectivity index (χ0v) is 9.37. The van der Waals surface area contributed by atoms with Gasteiger partial charge in [-0.15, -0.1) is 0 Å². The number of rotatable bonds is 2. The van der Waals surface area contributed by atoms with Gasteiger partial charge in [0.1, 0.15) is 9.48 Å². The number of nitrogens with zero attached hydrogens (tertiary/aromatic N) is 1. The first-order valence-electron chi connectivity index (χ1n) is 3.79. The number of anilines is 1. The molecular weight excluding hydrogens is 250 g/mol. The molecule has 0 aliphatic carbocycles. The molecule has 0 spiro atoms. The van der Waals surface area contributed by atoms with Crippen molar-refractivity contribution in [1.82, 2.24) is 9.97 Å². The lowest BCUT2D eigenvalue weighted by atomic mass is 10.3. The first-order chi connectivity index (χ1) is 6.31. The van der Waals surface area contributed by atoms with Crippen LogP contribution in [0.5, 0.6) is 0 Å². The molecule has 0 saturated heterocycles. The fourth-order valence-electron chi connectivity index (χ4n) is 1.05. The average molecular weight is 258 g/mol. The topological polar surface area (TPSA) is 40.7 Å². The van der Waals surface area contributed by atoms with E-state index in [-0.39, 0.29) is 0 Å². The van der Waals surface area contributed by atoms with Crippen molar-refractivity contribution in [3.63, 3.8) is 0 Å². The van der Waals surface area contributed by atoms with Crippen molar-refractivity contribution >= 4 is 32.4 Å². The third-order valence-electron chi connectivity index (χ3n) is 1.65. The zero-order valence-electron chi connectivity index (χ0n) is 6.97. The highest BCUT2D eigenvalue weighted by molar-refractivity contribution is 9.11. The van der Waals surface area contributed by atoms with Gasteiger partial charge in [-0.3, -0.25) is 0 Å². The first kappa shape index (κ1) is 8.77. The molecule has 2 rings (SSSR count). The Balaban J connectivity index is 2.46. The number of hydrogen-bond donors (Lipinski definition) is 2. The van der Waals surface area contributed by atoms with Crippen LogP contribution in [-0.4, -0.2) is 17.0 Å². The van der Waals surface area contributed by atoms with Gasteiger partial charge in [0.05, 0.1) is 5.69 Å². The van der Waals surface area contributed by atoms with Crippen molar-refractivity contribution in [1.29, 1.82) is 0 Å².